The summed E-state index contributed by atoms with van der Waals surface area (Å²) in [6.07, 6.45) is -0.0631. The van der Waals surface area contributed by atoms with E-state index in [2.05, 4.69) is 10.3 Å². The highest BCUT2D eigenvalue weighted by atomic mass is 16.7. The molecule has 2 aromatic rings. The highest BCUT2D eigenvalue weighted by Gasteiger charge is 2.16. The summed E-state index contributed by atoms with van der Waals surface area (Å²) < 4.78 is 1.36. The van der Waals surface area contributed by atoms with Gasteiger partial charge in [0.1, 0.15) is 0 Å². The van der Waals surface area contributed by atoms with Crippen LogP contribution >= 0.6 is 0 Å². The van der Waals surface area contributed by atoms with Crippen molar-refractivity contribution >= 4 is 23.3 Å². The molecule has 1 aromatic carbocycles. The minimum Gasteiger partial charge on any atom is -0.398 e. The van der Waals surface area contributed by atoms with Crippen molar-refractivity contribution in [2.45, 2.75) is 26.8 Å². The Morgan fingerprint density at radius 2 is 2.16 bits per heavy atom. The lowest BCUT2D eigenvalue weighted by molar-refractivity contribution is -0.389. The molecule has 2 rings (SSSR count). The number of carbonyl (C=O) groups is 1. The van der Waals surface area contributed by atoms with Gasteiger partial charge in [-0.25, -0.2) is 4.79 Å². The molecule has 132 valence electrons. The highest BCUT2D eigenvalue weighted by molar-refractivity contribution is 5.99. The fourth-order valence-electron chi connectivity index (χ4n) is 2.13. The summed E-state index contributed by atoms with van der Waals surface area (Å²) in [7, 11) is 0. The van der Waals surface area contributed by atoms with E-state index in [-0.39, 0.29) is 24.6 Å². The van der Waals surface area contributed by atoms with E-state index in [0.717, 1.165) is 5.56 Å². The van der Waals surface area contributed by atoms with Crippen molar-refractivity contribution in [1.82, 2.24) is 9.78 Å². The average molecular weight is 346 g/mol. The summed E-state index contributed by atoms with van der Waals surface area (Å²) in [4.78, 5) is 26.6. The van der Waals surface area contributed by atoms with Crippen molar-refractivity contribution in [2.75, 3.05) is 5.73 Å². The first kappa shape index (κ1) is 17.9. The molecule has 10 nitrogen and oxygen atoms in total. The number of anilines is 1. The summed E-state index contributed by atoms with van der Waals surface area (Å²) in [5.74, 6) is -0.878. The average Bonchev–Trinajstić information content (AvgIpc) is 2.94. The third-order valence-electron chi connectivity index (χ3n) is 3.58. The van der Waals surface area contributed by atoms with Crippen LogP contribution in [0.2, 0.25) is 0 Å². The van der Waals surface area contributed by atoms with Gasteiger partial charge in [-0.3, -0.25) is 0 Å². The lowest BCUT2D eigenvalue weighted by Gasteiger charge is -2.07. The Labute approximate surface area is 143 Å². The molecule has 0 fully saturated rings. The molecule has 10 heteroatoms. The van der Waals surface area contributed by atoms with Crippen molar-refractivity contribution in [1.29, 1.82) is 0 Å². The van der Waals surface area contributed by atoms with E-state index in [4.69, 9.17) is 16.3 Å². The minimum atomic E-state index is -0.637. The highest BCUT2D eigenvalue weighted by Crippen LogP contribution is 2.15. The van der Waals surface area contributed by atoms with E-state index in [9.17, 15) is 14.9 Å². The number of hydrogen-bond acceptors (Lipinski definition) is 7. The number of aromatic nitrogens is 2. The first-order valence-corrected chi connectivity index (χ1v) is 7.37. The van der Waals surface area contributed by atoms with E-state index in [1.54, 1.807) is 32.0 Å². The van der Waals surface area contributed by atoms with Crippen LogP contribution in [0.5, 0.6) is 0 Å². The summed E-state index contributed by atoms with van der Waals surface area (Å²) in [5.41, 5.74) is 14.0. The Bertz CT molecular complexity index is 843. The molecule has 25 heavy (non-hydrogen) atoms. The zero-order chi connectivity index (χ0) is 18.6. The zero-order valence-electron chi connectivity index (χ0n) is 13.8. The second-order valence-electron chi connectivity index (χ2n) is 5.33. The van der Waals surface area contributed by atoms with Gasteiger partial charge in [0.25, 0.3) is 0 Å². The first-order chi connectivity index (χ1) is 11.8. The van der Waals surface area contributed by atoms with Crippen LogP contribution in [0, 0.1) is 24.0 Å². The van der Waals surface area contributed by atoms with Crippen molar-refractivity contribution < 1.29 is 14.6 Å². The number of carbonyl (C=O) groups excluding carboxylic acids is 1. The van der Waals surface area contributed by atoms with Crippen LogP contribution in [0.15, 0.2) is 29.4 Å². The zero-order valence-corrected chi connectivity index (χ0v) is 13.8. The Kier molecular flexibility index (Phi) is 5.32. The second kappa shape index (κ2) is 7.43. The van der Waals surface area contributed by atoms with Crippen LogP contribution in [-0.2, 0) is 16.2 Å². The molecule has 1 heterocycles. The number of nitrogens with zero attached hydrogens (tertiary/aromatic N) is 4. The van der Waals surface area contributed by atoms with Crippen LogP contribution in [0.25, 0.3) is 0 Å². The third-order valence-corrected chi connectivity index (χ3v) is 3.58. The predicted molar refractivity (Wildman–Crippen MR) is 90.6 cm³/mol. The largest absolute Gasteiger partial charge is 0.398 e. The SMILES string of the molecule is Cc1c(N)cccc1/C(N)=N/OC(=O)CCn1nc([N+](=O)[O-])cc1C. The van der Waals surface area contributed by atoms with E-state index < -0.39 is 10.9 Å². The van der Waals surface area contributed by atoms with Crippen LogP contribution < -0.4 is 11.5 Å². The van der Waals surface area contributed by atoms with Crippen LogP contribution in [0.3, 0.4) is 0 Å². The van der Waals surface area contributed by atoms with Crippen molar-refractivity contribution in [3.63, 3.8) is 0 Å². The van der Waals surface area contributed by atoms with Gasteiger partial charge in [0, 0.05) is 11.3 Å². The number of benzene rings is 1. The number of hydrogen-bond donors (Lipinski definition) is 2. The first-order valence-electron chi connectivity index (χ1n) is 7.37. The molecule has 0 saturated carbocycles. The number of nitro groups is 1. The van der Waals surface area contributed by atoms with Gasteiger partial charge >= 0.3 is 11.8 Å². The number of rotatable bonds is 6. The van der Waals surface area contributed by atoms with Crippen molar-refractivity contribution in [3.05, 3.63) is 51.2 Å². The molecule has 0 radical (unpaired) electrons. The molecule has 0 saturated heterocycles. The molecule has 0 bridgehead atoms. The predicted octanol–water partition coefficient (Wildman–Crippen LogP) is 1.24. The number of nitrogens with two attached hydrogens (primary N) is 2. The van der Waals surface area contributed by atoms with Crippen LogP contribution in [-0.4, -0.2) is 26.5 Å². The fraction of sp³-hybridized carbons (Fsp3) is 0.267. The van der Waals surface area contributed by atoms with Crippen molar-refractivity contribution in [3.8, 4) is 0 Å². The summed E-state index contributed by atoms with van der Waals surface area (Å²) in [6.45, 7) is 3.57. The number of nitrogen functional groups attached to an aromatic ring is 1. The van der Waals surface area contributed by atoms with Crippen LogP contribution in [0.4, 0.5) is 11.5 Å². The maximum atomic E-state index is 11.8. The molecule has 1 aromatic heterocycles. The monoisotopic (exact) mass is 346 g/mol. The standard InChI is InChI=1S/C15H18N6O4/c1-9-8-13(21(23)24)18-20(9)7-6-14(22)25-19-15(17)11-4-3-5-12(16)10(11)2/h3-5,8H,6-7,16H2,1-2H3,(H2,17,19). The van der Waals surface area contributed by atoms with E-state index in [0.29, 0.717) is 16.9 Å². The van der Waals surface area contributed by atoms with Gasteiger partial charge < -0.3 is 26.4 Å². The smallest absolute Gasteiger partial charge is 0.390 e. The summed E-state index contributed by atoms with van der Waals surface area (Å²) in [6, 6.07) is 6.48. The molecule has 0 aliphatic heterocycles. The topological polar surface area (TPSA) is 152 Å². The molecule has 0 unspecified atom stereocenters. The molecular weight excluding hydrogens is 328 g/mol. The van der Waals surface area contributed by atoms with E-state index >= 15 is 0 Å². The van der Waals surface area contributed by atoms with Gasteiger partial charge in [-0.1, -0.05) is 17.3 Å². The Morgan fingerprint density at radius 1 is 1.44 bits per heavy atom. The fourth-order valence-corrected chi connectivity index (χ4v) is 2.13. The summed E-state index contributed by atoms with van der Waals surface area (Å²) >= 11 is 0. The lowest BCUT2D eigenvalue weighted by atomic mass is 10.1. The molecule has 4 N–H and O–H groups in total. The van der Waals surface area contributed by atoms with Crippen LogP contribution in [0.1, 0.15) is 23.2 Å². The minimum absolute atomic E-state index is 0.0315. The van der Waals surface area contributed by atoms with Gasteiger partial charge in [-0.15, -0.1) is 0 Å². The number of amidine groups is 1. The second-order valence-corrected chi connectivity index (χ2v) is 5.33. The summed E-state index contributed by atoms with van der Waals surface area (Å²) in [5, 5.41) is 18.1. The van der Waals surface area contributed by atoms with Gasteiger partial charge in [0.2, 0.25) is 0 Å². The van der Waals surface area contributed by atoms with Gasteiger partial charge in [-0.05, 0) is 30.4 Å². The van der Waals surface area contributed by atoms with E-state index in [1.807, 2.05) is 0 Å². The quantitative estimate of drug-likeness (QED) is 0.199. The molecule has 0 atom stereocenters. The van der Waals surface area contributed by atoms with Crippen molar-refractivity contribution in [2.24, 2.45) is 10.9 Å². The maximum absolute atomic E-state index is 11.8. The van der Waals surface area contributed by atoms with E-state index in [1.165, 1.54) is 10.7 Å². The molecule has 0 aliphatic carbocycles. The Morgan fingerprint density at radius 3 is 2.80 bits per heavy atom. The number of oxime groups is 1. The third kappa shape index (κ3) is 4.31. The van der Waals surface area contributed by atoms with Gasteiger partial charge in [0.05, 0.1) is 29.8 Å². The molecule has 0 aliphatic rings. The lowest BCUT2D eigenvalue weighted by Crippen LogP contribution is -2.17. The normalized spacial score (nSPS) is 11.4. The molecule has 0 amide bonds. The molecule has 0 spiro atoms. The van der Waals surface area contributed by atoms with Gasteiger partial charge in [0.15, 0.2) is 5.84 Å². The molecular formula is C15H18N6O4. The maximum Gasteiger partial charge on any atom is 0.390 e. The number of aryl methyl sites for hydroxylation is 2. The Balaban J connectivity index is 1.96. The van der Waals surface area contributed by atoms with Gasteiger partial charge in [-0.2, -0.15) is 4.68 Å². The Hall–Kier alpha value is -3.43.